The highest BCUT2D eigenvalue weighted by Crippen LogP contribution is 2.24. The second-order valence-corrected chi connectivity index (χ2v) is 15.4. The van der Waals surface area contributed by atoms with Crippen molar-refractivity contribution in [3.05, 3.63) is 69.0 Å². The summed E-state index contributed by atoms with van der Waals surface area (Å²) in [6.07, 6.45) is 1.32. The predicted molar refractivity (Wildman–Crippen MR) is 193 cm³/mol. The molecule has 0 bridgehead atoms. The van der Waals surface area contributed by atoms with Gasteiger partial charge < -0.3 is 19.8 Å². The Morgan fingerprint density at radius 2 is 0.896 bits per heavy atom. The molecule has 0 fully saturated rings. The molecule has 0 amide bonds. The Morgan fingerprint density at radius 3 is 1.25 bits per heavy atom. The van der Waals surface area contributed by atoms with Crippen LogP contribution in [0, 0.1) is 0 Å². The van der Waals surface area contributed by atoms with Crippen LogP contribution in [0.3, 0.4) is 0 Å². The average Bonchev–Trinajstić information content (AvgIpc) is 3.08. The molecule has 0 unspecified atom stereocenters. The SMILES string of the molecule is CCN(CC)CCCNS(=O)(=O)c1ccc2[nH]c3cc4c(=O)c5cc(S(=O)(=O)NCCCN(CC)CC)ccc5[nH]c4cc3c(=O)c2c1. The van der Waals surface area contributed by atoms with Crippen molar-refractivity contribution >= 4 is 63.7 Å². The second-order valence-electron chi connectivity index (χ2n) is 11.8. The Bertz CT molecular complexity index is 2130. The van der Waals surface area contributed by atoms with Crippen molar-refractivity contribution in [3.8, 4) is 0 Å². The van der Waals surface area contributed by atoms with Crippen LogP contribution in [0.2, 0.25) is 0 Å². The molecule has 5 rings (SSSR count). The number of aromatic nitrogens is 2. The summed E-state index contributed by atoms with van der Waals surface area (Å²) >= 11 is 0. The minimum absolute atomic E-state index is 0.00739. The van der Waals surface area contributed by atoms with Crippen molar-refractivity contribution in [1.29, 1.82) is 0 Å². The lowest BCUT2D eigenvalue weighted by atomic mass is 10.1. The van der Waals surface area contributed by atoms with Crippen LogP contribution in [0.15, 0.2) is 67.9 Å². The minimum Gasteiger partial charge on any atom is -0.354 e. The van der Waals surface area contributed by atoms with Gasteiger partial charge in [0.15, 0.2) is 10.9 Å². The fourth-order valence-corrected chi connectivity index (χ4v) is 8.20. The molecule has 3 aromatic carbocycles. The number of benzene rings is 3. The van der Waals surface area contributed by atoms with E-state index in [1.54, 1.807) is 24.3 Å². The number of sulfonamides is 2. The monoisotopic (exact) mass is 696 g/mol. The predicted octanol–water partition coefficient (Wildman–Crippen LogP) is 3.70. The van der Waals surface area contributed by atoms with Crippen molar-refractivity contribution in [2.45, 2.75) is 50.3 Å². The fourth-order valence-electron chi connectivity index (χ4n) is 6.00. The summed E-state index contributed by atoms with van der Waals surface area (Å²) in [6, 6.07) is 11.8. The van der Waals surface area contributed by atoms with Crippen LogP contribution in [0.1, 0.15) is 40.5 Å². The van der Waals surface area contributed by atoms with E-state index >= 15 is 0 Å². The van der Waals surface area contributed by atoms with Crippen molar-refractivity contribution in [2.75, 3.05) is 52.4 Å². The summed E-state index contributed by atoms with van der Waals surface area (Å²) in [4.78, 5) is 38.1. The van der Waals surface area contributed by atoms with Gasteiger partial charge in [-0.25, -0.2) is 26.3 Å². The Balaban J connectivity index is 1.45. The van der Waals surface area contributed by atoms with Gasteiger partial charge in [-0.2, -0.15) is 0 Å². The summed E-state index contributed by atoms with van der Waals surface area (Å²) in [5, 5.41) is 0.963. The van der Waals surface area contributed by atoms with Crippen molar-refractivity contribution in [3.63, 3.8) is 0 Å². The van der Waals surface area contributed by atoms with E-state index in [9.17, 15) is 26.4 Å². The number of pyridine rings is 2. The van der Waals surface area contributed by atoms with Crippen LogP contribution in [0.25, 0.3) is 43.6 Å². The molecule has 0 atom stereocenters. The molecule has 0 aliphatic heterocycles. The summed E-state index contributed by atoms with van der Waals surface area (Å²) in [5.41, 5.74) is 0.875. The first-order chi connectivity index (χ1) is 22.9. The Kier molecular flexibility index (Phi) is 11.0. The molecule has 4 N–H and O–H groups in total. The van der Waals surface area contributed by atoms with E-state index in [-0.39, 0.29) is 55.3 Å². The van der Waals surface area contributed by atoms with Gasteiger partial charge in [-0.15, -0.1) is 0 Å². The van der Waals surface area contributed by atoms with Gasteiger partial charge in [0.2, 0.25) is 20.0 Å². The first kappa shape index (κ1) is 35.6. The standard InChI is InChI=1S/C34H44N6O6S2/c1-5-39(6-2)17-9-15-35-47(43,44)23-11-13-29-25(19-23)33(41)27-21-32-28(22-31(27)37-29)34(42)26-20-24(12-14-30(26)38-32)48(45,46)36-16-10-18-40(7-3)8-4/h11-14,19-22,35-36H,5-10,15-18H2,1-4H3,(H,37,41)(H,38,42). The number of hydrogen-bond donors (Lipinski definition) is 4. The largest absolute Gasteiger partial charge is 0.354 e. The lowest BCUT2D eigenvalue weighted by molar-refractivity contribution is 0.300. The minimum atomic E-state index is -3.84. The second kappa shape index (κ2) is 14.8. The molecular formula is C34H44N6O6S2. The molecule has 5 aromatic rings. The highest BCUT2D eigenvalue weighted by molar-refractivity contribution is 7.89. The third kappa shape index (κ3) is 7.48. The van der Waals surface area contributed by atoms with E-state index in [1.165, 1.54) is 24.3 Å². The maximum atomic E-state index is 13.7. The third-order valence-corrected chi connectivity index (χ3v) is 11.9. The van der Waals surface area contributed by atoms with E-state index in [0.29, 0.717) is 34.9 Å². The summed E-state index contributed by atoms with van der Waals surface area (Å²) in [5.74, 6) is 0. The quantitative estimate of drug-likeness (QED) is 0.0897. The lowest BCUT2D eigenvalue weighted by Gasteiger charge is -2.17. The number of fused-ring (bicyclic) bond motifs is 4. The number of rotatable bonds is 16. The zero-order valence-electron chi connectivity index (χ0n) is 27.9. The van der Waals surface area contributed by atoms with Gasteiger partial charge in [0.25, 0.3) is 0 Å². The maximum absolute atomic E-state index is 13.7. The Hall–Kier alpha value is -3.66. The van der Waals surface area contributed by atoms with E-state index in [4.69, 9.17) is 0 Å². The molecule has 48 heavy (non-hydrogen) atoms. The maximum Gasteiger partial charge on any atom is 0.240 e. The first-order valence-corrected chi connectivity index (χ1v) is 19.4. The van der Waals surface area contributed by atoms with Crippen LogP contribution >= 0.6 is 0 Å². The molecule has 258 valence electrons. The van der Waals surface area contributed by atoms with Crippen molar-refractivity contribution in [1.82, 2.24) is 29.2 Å². The van der Waals surface area contributed by atoms with E-state index in [2.05, 4.69) is 56.9 Å². The van der Waals surface area contributed by atoms with Gasteiger partial charge in [-0.05, 0) is 101 Å². The van der Waals surface area contributed by atoms with Crippen molar-refractivity contribution in [2.24, 2.45) is 0 Å². The molecule has 12 nitrogen and oxygen atoms in total. The molecule has 0 saturated carbocycles. The summed E-state index contributed by atoms with van der Waals surface area (Å²) in [7, 11) is -7.69. The van der Waals surface area contributed by atoms with Gasteiger partial charge in [-0.1, -0.05) is 27.7 Å². The molecule has 14 heteroatoms. The van der Waals surface area contributed by atoms with E-state index in [0.717, 1.165) is 39.3 Å². The molecule has 0 radical (unpaired) electrons. The number of H-pyrrole nitrogens is 2. The molecule has 0 spiro atoms. The van der Waals surface area contributed by atoms with Gasteiger partial charge >= 0.3 is 0 Å². The van der Waals surface area contributed by atoms with Crippen LogP contribution in [-0.4, -0.2) is 89.0 Å². The molecular weight excluding hydrogens is 653 g/mol. The number of hydrogen-bond acceptors (Lipinski definition) is 8. The van der Waals surface area contributed by atoms with Crippen LogP contribution in [0.5, 0.6) is 0 Å². The van der Waals surface area contributed by atoms with Crippen LogP contribution in [-0.2, 0) is 20.0 Å². The zero-order valence-corrected chi connectivity index (χ0v) is 29.5. The summed E-state index contributed by atoms with van der Waals surface area (Å²) < 4.78 is 57.5. The molecule has 2 aromatic heterocycles. The highest BCUT2D eigenvalue weighted by atomic mass is 32.2. The summed E-state index contributed by atoms with van der Waals surface area (Å²) in [6.45, 7) is 13.9. The normalized spacial score (nSPS) is 12.8. The Labute approximate surface area is 280 Å². The fraction of sp³-hybridized carbons (Fsp3) is 0.412. The zero-order chi connectivity index (χ0) is 34.6. The Morgan fingerprint density at radius 1 is 0.542 bits per heavy atom. The highest BCUT2D eigenvalue weighted by Gasteiger charge is 2.19. The molecule has 0 aliphatic carbocycles. The van der Waals surface area contributed by atoms with E-state index < -0.39 is 20.0 Å². The lowest BCUT2D eigenvalue weighted by Crippen LogP contribution is -2.30. The van der Waals surface area contributed by atoms with Gasteiger partial charge in [0.05, 0.1) is 20.8 Å². The average molecular weight is 697 g/mol. The smallest absolute Gasteiger partial charge is 0.240 e. The topological polar surface area (TPSA) is 165 Å². The van der Waals surface area contributed by atoms with Gasteiger partial charge in [0.1, 0.15) is 0 Å². The van der Waals surface area contributed by atoms with Crippen molar-refractivity contribution < 1.29 is 16.8 Å². The molecule has 2 heterocycles. The van der Waals surface area contributed by atoms with Gasteiger partial charge in [0, 0.05) is 45.7 Å². The van der Waals surface area contributed by atoms with Gasteiger partial charge in [-0.3, -0.25) is 9.59 Å². The van der Waals surface area contributed by atoms with E-state index in [1.807, 2.05) is 0 Å². The van der Waals surface area contributed by atoms with Crippen LogP contribution in [0.4, 0.5) is 0 Å². The number of nitrogens with one attached hydrogen (secondary N) is 4. The third-order valence-electron chi connectivity index (χ3n) is 8.95. The number of nitrogens with zero attached hydrogens (tertiary/aromatic N) is 2. The van der Waals surface area contributed by atoms with Crippen LogP contribution < -0.4 is 20.3 Å². The first-order valence-electron chi connectivity index (χ1n) is 16.5. The number of aromatic amines is 2. The molecule has 0 saturated heterocycles. The molecule has 0 aliphatic rings.